The molecule has 1 saturated carbocycles. The van der Waals surface area contributed by atoms with Crippen LogP contribution in [0.5, 0.6) is 5.75 Å². The van der Waals surface area contributed by atoms with Crippen LogP contribution >= 0.6 is 11.6 Å². The zero-order valence-corrected chi connectivity index (χ0v) is 9.79. The summed E-state index contributed by atoms with van der Waals surface area (Å²) in [6, 6.07) is 5.41. The third kappa shape index (κ3) is 2.67. The summed E-state index contributed by atoms with van der Waals surface area (Å²) in [5.74, 6) is 0.383. The molecule has 0 aromatic heterocycles. The highest BCUT2D eigenvalue weighted by Gasteiger charge is 2.25. The van der Waals surface area contributed by atoms with Crippen molar-refractivity contribution in [1.29, 1.82) is 0 Å². The van der Waals surface area contributed by atoms with E-state index < -0.39 is 0 Å². The molecule has 86 valence electrons. The Hall–Kier alpha value is -1.22. The molecular formula is C12H13ClO3. The summed E-state index contributed by atoms with van der Waals surface area (Å²) >= 11 is 6.05. The van der Waals surface area contributed by atoms with E-state index in [-0.39, 0.29) is 18.5 Å². The van der Waals surface area contributed by atoms with Gasteiger partial charge in [-0.2, -0.15) is 0 Å². The second-order valence-corrected chi connectivity index (χ2v) is 4.19. The molecule has 1 fully saturated rings. The van der Waals surface area contributed by atoms with Gasteiger partial charge in [0.05, 0.1) is 19.6 Å². The largest absolute Gasteiger partial charge is 0.490 e. The average Bonchev–Trinajstić information content (AvgIpc) is 3.07. The molecule has 1 aliphatic rings. The fourth-order valence-electron chi connectivity index (χ4n) is 1.40. The van der Waals surface area contributed by atoms with Crippen LogP contribution in [0.15, 0.2) is 18.2 Å². The molecule has 1 aromatic rings. The molecule has 0 heterocycles. The molecule has 0 spiro atoms. The molecule has 16 heavy (non-hydrogen) atoms. The van der Waals surface area contributed by atoms with Crippen LogP contribution < -0.4 is 4.74 Å². The van der Waals surface area contributed by atoms with Crippen molar-refractivity contribution in [3.05, 3.63) is 28.8 Å². The van der Waals surface area contributed by atoms with Gasteiger partial charge < -0.3 is 9.47 Å². The van der Waals surface area contributed by atoms with E-state index in [4.69, 9.17) is 16.3 Å². The van der Waals surface area contributed by atoms with Gasteiger partial charge in [-0.15, -0.1) is 0 Å². The predicted octanol–water partition coefficient (Wildman–Crippen LogP) is 2.60. The number of esters is 1. The van der Waals surface area contributed by atoms with Crippen LogP contribution in [-0.4, -0.2) is 19.2 Å². The molecule has 0 unspecified atom stereocenters. The van der Waals surface area contributed by atoms with E-state index in [0.29, 0.717) is 16.3 Å². The minimum absolute atomic E-state index is 0.151. The summed E-state index contributed by atoms with van der Waals surface area (Å²) < 4.78 is 10.3. The molecule has 1 aromatic carbocycles. The molecule has 0 aliphatic heterocycles. The second-order valence-electron chi connectivity index (χ2n) is 3.79. The highest BCUT2D eigenvalue weighted by atomic mass is 35.5. The second kappa shape index (κ2) is 4.74. The number of ether oxygens (including phenoxy) is 2. The van der Waals surface area contributed by atoms with Gasteiger partial charge >= 0.3 is 5.97 Å². The molecule has 4 heteroatoms. The maximum absolute atomic E-state index is 11.3. The number of hydrogen-bond acceptors (Lipinski definition) is 3. The van der Waals surface area contributed by atoms with E-state index in [9.17, 15) is 4.79 Å². The first-order valence-electron chi connectivity index (χ1n) is 5.21. The first-order chi connectivity index (χ1) is 7.70. The van der Waals surface area contributed by atoms with Crippen LogP contribution in [0.1, 0.15) is 18.4 Å². The van der Waals surface area contributed by atoms with Crippen LogP contribution in [0.4, 0.5) is 0 Å². The van der Waals surface area contributed by atoms with E-state index in [1.54, 1.807) is 6.07 Å². The number of rotatable bonds is 4. The van der Waals surface area contributed by atoms with Gasteiger partial charge in [0.2, 0.25) is 0 Å². The van der Waals surface area contributed by atoms with Gasteiger partial charge in [-0.05, 0) is 25.0 Å². The van der Waals surface area contributed by atoms with Gasteiger partial charge in [0, 0.05) is 10.6 Å². The number of benzene rings is 1. The van der Waals surface area contributed by atoms with Crippen LogP contribution in [0, 0.1) is 0 Å². The molecule has 2 rings (SSSR count). The Morgan fingerprint density at radius 3 is 2.88 bits per heavy atom. The lowest BCUT2D eigenvalue weighted by Crippen LogP contribution is -2.08. The normalized spacial score (nSPS) is 14.6. The van der Waals surface area contributed by atoms with Crippen molar-refractivity contribution in [3.8, 4) is 5.75 Å². The van der Waals surface area contributed by atoms with E-state index in [0.717, 1.165) is 12.8 Å². The number of halogens is 1. The van der Waals surface area contributed by atoms with Crippen LogP contribution in [0.3, 0.4) is 0 Å². The SMILES string of the molecule is COC(=O)Cc1c(Cl)cccc1OC1CC1. The molecule has 0 atom stereocenters. The summed E-state index contributed by atoms with van der Waals surface area (Å²) in [5, 5.41) is 0.545. The lowest BCUT2D eigenvalue weighted by atomic mass is 10.1. The summed E-state index contributed by atoms with van der Waals surface area (Å²) in [7, 11) is 1.36. The Bertz CT molecular complexity index is 399. The molecule has 0 radical (unpaired) electrons. The standard InChI is InChI=1S/C12H13ClO3/c1-15-12(14)7-9-10(13)3-2-4-11(9)16-8-5-6-8/h2-4,8H,5-7H2,1H3. The van der Waals surface area contributed by atoms with Crippen molar-refractivity contribution in [2.24, 2.45) is 0 Å². The van der Waals surface area contributed by atoms with Gasteiger partial charge in [0.25, 0.3) is 0 Å². The van der Waals surface area contributed by atoms with Crippen molar-refractivity contribution >= 4 is 17.6 Å². The summed E-state index contributed by atoms with van der Waals surface area (Å²) in [6.45, 7) is 0. The Morgan fingerprint density at radius 2 is 2.25 bits per heavy atom. The first kappa shape index (κ1) is 11.3. The molecule has 0 amide bonds. The Morgan fingerprint density at radius 1 is 1.50 bits per heavy atom. The number of methoxy groups -OCH3 is 1. The zero-order chi connectivity index (χ0) is 11.5. The van der Waals surface area contributed by atoms with Crippen LogP contribution in [0.2, 0.25) is 5.02 Å². The van der Waals surface area contributed by atoms with Gasteiger partial charge in [-0.1, -0.05) is 17.7 Å². The van der Waals surface area contributed by atoms with E-state index in [1.165, 1.54) is 7.11 Å². The van der Waals surface area contributed by atoms with Crippen molar-refractivity contribution in [2.45, 2.75) is 25.4 Å². The molecule has 0 N–H and O–H groups in total. The average molecular weight is 241 g/mol. The van der Waals surface area contributed by atoms with Crippen molar-refractivity contribution in [1.82, 2.24) is 0 Å². The number of carbonyl (C=O) groups excluding carboxylic acids is 1. The topological polar surface area (TPSA) is 35.5 Å². The predicted molar refractivity (Wildman–Crippen MR) is 60.8 cm³/mol. The Balaban J connectivity index is 2.20. The lowest BCUT2D eigenvalue weighted by molar-refractivity contribution is -0.139. The number of carbonyl (C=O) groups is 1. The third-order valence-corrected chi connectivity index (χ3v) is 2.80. The first-order valence-corrected chi connectivity index (χ1v) is 5.59. The quantitative estimate of drug-likeness (QED) is 0.759. The maximum atomic E-state index is 11.3. The molecule has 0 bridgehead atoms. The van der Waals surface area contributed by atoms with Gasteiger partial charge in [0.1, 0.15) is 5.75 Å². The molecule has 0 saturated heterocycles. The minimum atomic E-state index is -0.311. The van der Waals surface area contributed by atoms with E-state index in [2.05, 4.69) is 4.74 Å². The van der Waals surface area contributed by atoms with Crippen molar-refractivity contribution in [2.75, 3.05) is 7.11 Å². The molecule has 1 aliphatic carbocycles. The fraction of sp³-hybridized carbons (Fsp3) is 0.417. The summed E-state index contributed by atoms with van der Waals surface area (Å²) in [5.41, 5.74) is 0.711. The highest BCUT2D eigenvalue weighted by molar-refractivity contribution is 6.31. The summed E-state index contributed by atoms with van der Waals surface area (Å²) in [4.78, 5) is 11.3. The fourth-order valence-corrected chi connectivity index (χ4v) is 1.64. The highest BCUT2D eigenvalue weighted by Crippen LogP contribution is 2.32. The minimum Gasteiger partial charge on any atom is -0.490 e. The van der Waals surface area contributed by atoms with Gasteiger partial charge in [-0.3, -0.25) is 4.79 Å². The monoisotopic (exact) mass is 240 g/mol. The van der Waals surface area contributed by atoms with Gasteiger partial charge in [-0.25, -0.2) is 0 Å². The lowest BCUT2D eigenvalue weighted by Gasteiger charge is -2.11. The Kier molecular flexibility index (Phi) is 3.34. The van der Waals surface area contributed by atoms with Crippen molar-refractivity contribution in [3.63, 3.8) is 0 Å². The van der Waals surface area contributed by atoms with Crippen LogP contribution in [0.25, 0.3) is 0 Å². The Labute approximate surface area is 99.3 Å². The van der Waals surface area contributed by atoms with Gasteiger partial charge in [0.15, 0.2) is 0 Å². The summed E-state index contributed by atoms with van der Waals surface area (Å²) in [6.07, 6.45) is 2.59. The number of hydrogen-bond donors (Lipinski definition) is 0. The third-order valence-electron chi connectivity index (χ3n) is 2.44. The maximum Gasteiger partial charge on any atom is 0.310 e. The zero-order valence-electron chi connectivity index (χ0n) is 9.03. The van der Waals surface area contributed by atoms with E-state index in [1.807, 2.05) is 12.1 Å². The van der Waals surface area contributed by atoms with Crippen molar-refractivity contribution < 1.29 is 14.3 Å². The molecule has 3 nitrogen and oxygen atoms in total. The smallest absolute Gasteiger partial charge is 0.310 e. The van der Waals surface area contributed by atoms with Crippen LogP contribution in [-0.2, 0) is 16.0 Å². The molecular weight excluding hydrogens is 228 g/mol. The van der Waals surface area contributed by atoms with E-state index >= 15 is 0 Å².